The lowest BCUT2D eigenvalue weighted by atomic mass is 9.99. The fourth-order valence-corrected chi connectivity index (χ4v) is 3.18. The summed E-state index contributed by atoms with van der Waals surface area (Å²) in [4.78, 5) is 25.6. The summed E-state index contributed by atoms with van der Waals surface area (Å²) in [5, 5.41) is 0. The normalized spacial score (nSPS) is 14.1. The first-order chi connectivity index (χ1) is 12.1. The van der Waals surface area contributed by atoms with E-state index in [0.29, 0.717) is 26.0 Å². The van der Waals surface area contributed by atoms with Gasteiger partial charge < -0.3 is 4.74 Å². The molecule has 3 heterocycles. The number of rotatable bonds is 7. The molecule has 0 N–H and O–H groups in total. The van der Waals surface area contributed by atoms with Crippen molar-refractivity contribution in [1.29, 1.82) is 0 Å². The molecule has 25 heavy (non-hydrogen) atoms. The number of ether oxygens (including phenoxy) is 1. The van der Waals surface area contributed by atoms with Gasteiger partial charge in [-0.2, -0.15) is 0 Å². The summed E-state index contributed by atoms with van der Waals surface area (Å²) in [6.07, 6.45) is 4.53. The van der Waals surface area contributed by atoms with Crippen molar-refractivity contribution in [1.82, 2.24) is 9.97 Å². The Kier molecular flexibility index (Phi) is 5.34. The predicted octanol–water partition coefficient (Wildman–Crippen LogP) is 2.92. The number of carbonyl (C=O) groups excluding carboxylic acids is 1. The van der Waals surface area contributed by atoms with Crippen LogP contribution in [0.2, 0.25) is 0 Å². The van der Waals surface area contributed by atoms with E-state index in [2.05, 4.69) is 15.0 Å². The number of fused-ring (bicyclic) bond motifs is 1. The SMILES string of the molecule is COCC(C)CC(=O)Cc1cc2c(cn1)C(c1ccnc(C)c1)=NC2. The van der Waals surface area contributed by atoms with E-state index in [1.54, 1.807) is 13.3 Å². The summed E-state index contributed by atoms with van der Waals surface area (Å²) < 4.78 is 5.09. The molecular weight excluding hydrogens is 314 g/mol. The minimum atomic E-state index is 0.195. The van der Waals surface area contributed by atoms with Crippen molar-refractivity contribution in [3.63, 3.8) is 0 Å². The molecule has 3 rings (SSSR count). The van der Waals surface area contributed by atoms with Crippen molar-refractivity contribution >= 4 is 11.5 Å². The molecule has 0 saturated carbocycles. The van der Waals surface area contributed by atoms with Gasteiger partial charge in [-0.05, 0) is 36.6 Å². The van der Waals surface area contributed by atoms with Gasteiger partial charge in [0.1, 0.15) is 5.78 Å². The molecule has 0 bridgehead atoms. The quantitative estimate of drug-likeness (QED) is 0.779. The zero-order valence-electron chi connectivity index (χ0n) is 15.0. The first-order valence-corrected chi connectivity index (χ1v) is 8.53. The van der Waals surface area contributed by atoms with E-state index in [1.165, 1.54) is 0 Å². The highest BCUT2D eigenvalue weighted by atomic mass is 16.5. The van der Waals surface area contributed by atoms with Crippen LogP contribution < -0.4 is 0 Å². The fraction of sp³-hybridized carbons (Fsp3) is 0.400. The van der Waals surface area contributed by atoms with E-state index in [4.69, 9.17) is 4.74 Å². The monoisotopic (exact) mass is 337 g/mol. The number of methoxy groups -OCH3 is 1. The van der Waals surface area contributed by atoms with E-state index in [1.807, 2.05) is 38.2 Å². The van der Waals surface area contributed by atoms with Crippen molar-refractivity contribution in [2.24, 2.45) is 10.9 Å². The van der Waals surface area contributed by atoms with Crippen molar-refractivity contribution < 1.29 is 9.53 Å². The maximum Gasteiger partial charge on any atom is 0.139 e. The number of ketones is 1. The molecule has 1 unspecified atom stereocenters. The molecule has 0 radical (unpaired) electrons. The number of pyridine rings is 2. The van der Waals surface area contributed by atoms with E-state index < -0.39 is 0 Å². The van der Waals surface area contributed by atoms with Gasteiger partial charge in [-0.1, -0.05) is 6.92 Å². The Morgan fingerprint density at radius 1 is 1.32 bits per heavy atom. The van der Waals surface area contributed by atoms with Crippen molar-refractivity contribution in [3.05, 3.63) is 58.7 Å². The third kappa shape index (κ3) is 4.17. The predicted molar refractivity (Wildman–Crippen MR) is 96.9 cm³/mol. The van der Waals surface area contributed by atoms with Gasteiger partial charge in [0.25, 0.3) is 0 Å². The number of nitrogens with zero attached hydrogens (tertiary/aromatic N) is 3. The summed E-state index contributed by atoms with van der Waals surface area (Å²) >= 11 is 0. The number of aliphatic imine (C=N–C) groups is 1. The first kappa shape index (κ1) is 17.4. The Morgan fingerprint density at radius 2 is 2.16 bits per heavy atom. The van der Waals surface area contributed by atoms with Crippen LogP contribution in [-0.2, 0) is 22.5 Å². The number of aromatic nitrogens is 2. The Bertz CT molecular complexity index is 814. The molecule has 0 aliphatic carbocycles. The molecule has 0 saturated heterocycles. The number of carbonyl (C=O) groups is 1. The Balaban J connectivity index is 1.72. The summed E-state index contributed by atoms with van der Waals surface area (Å²) in [5.74, 6) is 0.428. The van der Waals surface area contributed by atoms with Gasteiger partial charge in [-0.25, -0.2) is 0 Å². The van der Waals surface area contributed by atoms with Gasteiger partial charge in [0.15, 0.2) is 0 Å². The number of Topliss-reactive ketones (excluding diaryl/α,β-unsaturated/α-hetero) is 1. The molecule has 0 fully saturated rings. The highest BCUT2D eigenvalue weighted by molar-refractivity contribution is 6.15. The molecule has 5 nitrogen and oxygen atoms in total. The third-order valence-electron chi connectivity index (χ3n) is 4.28. The standard InChI is InChI=1S/C20H23N3O2/c1-13(12-25-3)6-18(24)9-17-8-16-10-23-20(19(16)11-22-17)15-4-5-21-14(2)7-15/h4-5,7-8,11,13H,6,9-10,12H2,1-3H3. The van der Waals surface area contributed by atoms with Crippen molar-refractivity contribution in [2.75, 3.05) is 13.7 Å². The van der Waals surface area contributed by atoms with Crippen molar-refractivity contribution in [2.45, 2.75) is 33.2 Å². The van der Waals surface area contributed by atoms with Crippen LogP contribution in [-0.4, -0.2) is 35.2 Å². The lowest BCUT2D eigenvalue weighted by Gasteiger charge is -2.09. The molecule has 130 valence electrons. The van der Waals surface area contributed by atoms with E-state index in [0.717, 1.165) is 33.8 Å². The maximum absolute atomic E-state index is 12.2. The second kappa shape index (κ2) is 7.66. The Hall–Kier alpha value is -2.40. The second-order valence-corrected chi connectivity index (χ2v) is 6.66. The smallest absolute Gasteiger partial charge is 0.139 e. The molecule has 1 aliphatic rings. The minimum Gasteiger partial charge on any atom is -0.384 e. The third-order valence-corrected chi connectivity index (χ3v) is 4.28. The molecule has 2 aromatic rings. The summed E-state index contributed by atoms with van der Waals surface area (Å²) in [7, 11) is 1.66. The van der Waals surface area contributed by atoms with E-state index >= 15 is 0 Å². The molecule has 0 amide bonds. The van der Waals surface area contributed by atoms with Gasteiger partial charge in [0, 0.05) is 61.5 Å². The van der Waals surface area contributed by atoms with E-state index in [9.17, 15) is 4.79 Å². The van der Waals surface area contributed by atoms with Gasteiger partial charge >= 0.3 is 0 Å². The summed E-state index contributed by atoms with van der Waals surface area (Å²) in [5.41, 5.74) is 5.98. The zero-order valence-corrected chi connectivity index (χ0v) is 15.0. The van der Waals surface area contributed by atoms with Crippen LogP contribution in [0.15, 0.2) is 35.6 Å². The van der Waals surface area contributed by atoms with Crippen molar-refractivity contribution in [3.8, 4) is 0 Å². The molecule has 0 aromatic carbocycles. The first-order valence-electron chi connectivity index (χ1n) is 8.53. The van der Waals surface area contributed by atoms with Gasteiger partial charge in [-0.15, -0.1) is 0 Å². The summed E-state index contributed by atoms with van der Waals surface area (Å²) in [6, 6.07) is 6.01. The topological polar surface area (TPSA) is 64.4 Å². The Morgan fingerprint density at radius 3 is 2.92 bits per heavy atom. The van der Waals surface area contributed by atoms with Crippen LogP contribution in [0.5, 0.6) is 0 Å². The van der Waals surface area contributed by atoms with Crippen LogP contribution in [0.25, 0.3) is 0 Å². The molecule has 2 aromatic heterocycles. The van der Waals surface area contributed by atoms with Gasteiger partial charge in [-0.3, -0.25) is 19.8 Å². The average molecular weight is 337 g/mol. The van der Waals surface area contributed by atoms with E-state index in [-0.39, 0.29) is 11.7 Å². The number of hydrogen-bond donors (Lipinski definition) is 0. The molecule has 1 atom stereocenters. The molecular formula is C20H23N3O2. The highest BCUT2D eigenvalue weighted by Gasteiger charge is 2.19. The number of hydrogen-bond acceptors (Lipinski definition) is 5. The van der Waals surface area contributed by atoms with Crippen LogP contribution in [0, 0.1) is 12.8 Å². The Labute approximate surface area is 148 Å². The largest absolute Gasteiger partial charge is 0.384 e. The van der Waals surface area contributed by atoms with Gasteiger partial charge in [0.2, 0.25) is 0 Å². The number of aryl methyl sites for hydroxylation is 1. The molecule has 1 aliphatic heterocycles. The minimum absolute atomic E-state index is 0.195. The lowest BCUT2D eigenvalue weighted by Crippen LogP contribution is -2.13. The summed E-state index contributed by atoms with van der Waals surface area (Å²) in [6.45, 7) is 5.23. The average Bonchev–Trinajstić information content (AvgIpc) is 2.98. The van der Waals surface area contributed by atoms with Gasteiger partial charge in [0.05, 0.1) is 12.3 Å². The van der Waals surface area contributed by atoms with Crippen LogP contribution in [0.1, 0.15) is 41.4 Å². The molecule has 0 spiro atoms. The van der Waals surface area contributed by atoms with Crippen LogP contribution in [0.3, 0.4) is 0 Å². The zero-order chi connectivity index (χ0) is 17.8. The lowest BCUT2D eigenvalue weighted by molar-refractivity contribution is -0.119. The van der Waals surface area contributed by atoms with Crippen LogP contribution >= 0.6 is 0 Å². The van der Waals surface area contributed by atoms with Crippen LogP contribution in [0.4, 0.5) is 0 Å². The second-order valence-electron chi connectivity index (χ2n) is 6.66. The fourth-order valence-electron chi connectivity index (χ4n) is 3.18. The molecule has 5 heteroatoms. The maximum atomic E-state index is 12.2. The highest BCUT2D eigenvalue weighted by Crippen LogP contribution is 2.23.